The Morgan fingerprint density at radius 3 is 2.89 bits per heavy atom. The van der Waals surface area contributed by atoms with E-state index < -0.39 is 10.8 Å². The maximum atomic E-state index is 12.5. The van der Waals surface area contributed by atoms with Crippen molar-refractivity contribution in [3.05, 3.63) is 35.4 Å². The molecule has 102 valence electrons. The summed E-state index contributed by atoms with van der Waals surface area (Å²) in [5.74, 6) is 0. The molecule has 0 amide bonds. The van der Waals surface area contributed by atoms with E-state index >= 15 is 0 Å². The molecular formula is C13H17N3OS2. The lowest BCUT2D eigenvalue weighted by Gasteiger charge is -2.09. The fourth-order valence-electron chi connectivity index (χ4n) is 1.71. The van der Waals surface area contributed by atoms with Gasteiger partial charge in [-0.2, -0.15) is 0 Å². The van der Waals surface area contributed by atoms with Gasteiger partial charge in [-0.1, -0.05) is 41.2 Å². The van der Waals surface area contributed by atoms with Gasteiger partial charge in [0.05, 0.1) is 16.0 Å². The van der Waals surface area contributed by atoms with Crippen molar-refractivity contribution in [2.75, 3.05) is 11.9 Å². The first-order valence-electron chi connectivity index (χ1n) is 6.16. The molecule has 0 aliphatic rings. The Labute approximate surface area is 119 Å². The van der Waals surface area contributed by atoms with Crippen molar-refractivity contribution in [1.82, 2.24) is 10.2 Å². The van der Waals surface area contributed by atoms with E-state index in [1.165, 1.54) is 16.9 Å². The summed E-state index contributed by atoms with van der Waals surface area (Å²) >= 11 is 1.36. The van der Waals surface area contributed by atoms with E-state index in [4.69, 9.17) is 0 Å². The topological polar surface area (TPSA) is 54.9 Å². The Kier molecular flexibility index (Phi) is 4.66. The van der Waals surface area contributed by atoms with Crippen molar-refractivity contribution < 1.29 is 4.21 Å². The quantitative estimate of drug-likeness (QED) is 0.920. The minimum absolute atomic E-state index is 0.0812. The highest BCUT2D eigenvalue weighted by Crippen LogP contribution is 2.28. The van der Waals surface area contributed by atoms with Crippen molar-refractivity contribution >= 4 is 27.3 Å². The third kappa shape index (κ3) is 3.39. The number of hydrogen-bond donors (Lipinski definition) is 1. The number of aryl methyl sites for hydroxylation is 1. The van der Waals surface area contributed by atoms with Gasteiger partial charge in [0.1, 0.15) is 0 Å². The van der Waals surface area contributed by atoms with Crippen molar-refractivity contribution in [1.29, 1.82) is 0 Å². The van der Waals surface area contributed by atoms with Crippen LogP contribution in [-0.2, 0) is 10.8 Å². The van der Waals surface area contributed by atoms with Crippen LogP contribution in [-0.4, -0.2) is 21.0 Å². The van der Waals surface area contributed by atoms with Gasteiger partial charge < -0.3 is 5.32 Å². The molecule has 4 nitrogen and oxygen atoms in total. The van der Waals surface area contributed by atoms with E-state index in [1.807, 2.05) is 39.0 Å². The van der Waals surface area contributed by atoms with Crippen molar-refractivity contribution in [2.24, 2.45) is 0 Å². The van der Waals surface area contributed by atoms with Gasteiger partial charge in [-0.3, -0.25) is 4.21 Å². The average molecular weight is 295 g/mol. The van der Waals surface area contributed by atoms with Gasteiger partial charge in [-0.15, -0.1) is 10.2 Å². The highest BCUT2D eigenvalue weighted by molar-refractivity contribution is 7.87. The maximum absolute atomic E-state index is 12.5. The SMILES string of the molecule is CCNc1nnc([S@](=O)[C@H](C)c2cccc(C)c2)s1. The lowest BCUT2D eigenvalue weighted by Crippen LogP contribution is -2.03. The van der Waals surface area contributed by atoms with Crippen LogP contribution in [0.4, 0.5) is 5.13 Å². The first-order chi connectivity index (χ1) is 9.11. The number of benzene rings is 1. The molecule has 0 saturated carbocycles. The predicted octanol–water partition coefficient (Wildman–Crippen LogP) is 3.15. The summed E-state index contributed by atoms with van der Waals surface area (Å²) in [7, 11) is -1.17. The van der Waals surface area contributed by atoms with Crippen LogP contribution in [0.3, 0.4) is 0 Å². The van der Waals surface area contributed by atoms with Crippen molar-refractivity contribution in [2.45, 2.75) is 30.4 Å². The molecule has 0 saturated heterocycles. The van der Waals surface area contributed by atoms with Crippen LogP contribution in [0.2, 0.25) is 0 Å². The summed E-state index contributed by atoms with van der Waals surface area (Å²) in [6, 6.07) is 8.09. The van der Waals surface area contributed by atoms with E-state index in [2.05, 4.69) is 21.6 Å². The largest absolute Gasteiger partial charge is 0.360 e. The smallest absolute Gasteiger partial charge is 0.206 e. The van der Waals surface area contributed by atoms with Gasteiger partial charge in [-0.25, -0.2) is 0 Å². The first-order valence-corrected chi connectivity index (χ1v) is 8.19. The van der Waals surface area contributed by atoms with Gasteiger partial charge in [0, 0.05) is 6.54 Å². The summed E-state index contributed by atoms with van der Waals surface area (Å²) in [6.07, 6.45) is 0. The molecule has 6 heteroatoms. The van der Waals surface area contributed by atoms with Gasteiger partial charge in [0.25, 0.3) is 0 Å². The zero-order valence-electron chi connectivity index (χ0n) is 11.2. The van der Waals surface area contributed by atoms with Gasteiger partial charge in [-0.05, 0) is 26.3 Å². The highest BCUT2D eigenvalue weighted by atomic mass is 32.2. The number of rotatable bonds is 5. The van der Waals surface area contributed by atoms with E-state index in [0.717, 1.165) is 17.2 Å². The predicted molar refractivity (Wildman–Crippen MR) is 80.1 cm³/mol. The fraction of sp³-hybridized carbons (Fsp3) is 0.385. The number of nitrogens with one attached hydrogen (secondary N) is 1. The minimum atomic E-state index is -1.17. The van der Waals surface area contributed by atoms with Crippen LogP contribution >= 0.6 is 11.3 Å². The fourth-order valence-corrected chi connectivity index (χ4v) is 4.07. The van der Waals surface area contributed by atoms with E-state index in [9.17, 15) is 4.21 Å². The Morgan fingerprint density at radius 2 is 2.21 bits per heavy atom. The second-order valence-electron chi connectivity index (χ2n) is 4.26. The summed E-state index contributed by atoms with van der Waals surface area (Å²) in [5.41, 5.74) is 2.24. The minimum Gasteiger partial charge on any atom is -0.360 e. The van der Waals surface area contributed by atoms with Crippen LogP contribution in [0.25, 0.3) is 0 Å². The molecule has 0 aliphatic carbocycles. The third-order valence-corrected chi connectivity index (χ3v) is 5.50. The molecule has 19 heavy (non-hydrogen) atoms. The van der Waals surface area contributed by atoms with E-state index in [0.29, 0.717) is 4.34 Å². The van der Waals surface area contributed by atoms with Gasteiger partial charge in [0.15, 0.2) is 0 Å². The monoisotopic (exact) mass is 295 g/mol. The van der Waals surface area contributed by atoms with Crippen molar-refractivity contribution in [3.63, 3.8) is 0 Å². The number of nitrogens with zero attached hydrogens (tertiary/aromatic N) is 2. The normalized spacial score (nSPS) is 14.1. The molecule has 0 spiro atoms. The molecule has 2 atom stereocenters. The molecule has 0 fully saturated rings. The standard InChI is InChI=1S/C13H17N3OS2/c1-4-14-12-15-16-13(18-12)19(17)10(3)11-7-5-6-9(2)8-11/h5-8,10H,4H2,1-3H3,(H,14,15)/t10-,19-/m1/s1. The van der Waals surface area contributed by atoms with Crippen LogP contribution in [0.1, 0.15) is 30.2 Å². The Balaban J connectivity index is 2.18. The zero-order valence-corrected chi connectivity index (χ0v) is 12.8. The number of aromatic nitrogens is 2. The first kappa shape index (κ1) is 14.1. The second kappa shape index (κ2) is 6.25. The Morgan fingerprint density at radius 1 is 1.42 bits per heavy atom. The second-order valence-corrected chi connectivity index (χ2v) is 7.18. The number of hydrogen-bond acceptors (Lipinski definition) is 5. The third-order valence-electron chi connectivity index (χ3n) is 2.74. The van der Waals surface area contributed by atoms with Crippen LogP contribution in [0.15, 0.2) is 28.6 Å². The van der Waals surface area contributed by atoms with Gasteiger partial charge in [0.2, 0.25) is 9.47 Å². The summed E-state index contributed by atoms with van der Waals surface area (Å²) in [4.78, 5) is 0. The lowest BCUT2D eigenvalue weighted by molar-refractivity contribution is 0.674. The van der Waals surface area contributed by atoms with Crippen LogP contribution in [0, 0.1) is 6.92 Å². The van der Waals surface area contributed by atoms with Gasteiger partial charge >= 0.3 is 0 Å². The average Bonchev–Trinajstić information content (AvgIpc) is 2.86. The number of anilines is 1. The Bertz CT molecular complexity index is 583. The summed E-state index contributed by atoms with van der Waals surface area (Å²) < 4.78 is 13.0. The lowest BCUT2D eigenvalue weighted by atomic mass is 10.1. The summed E-state index contributed by atoms with van der Waals surface area (Å²) in [5, 5.41) is 11.7. The van der Waals surface area contributed by atoms with E-state index in [1.54, 1.807) is 0 Å². The molecule has 1 aromatic carbocycles. The molecule has 1 aromatic heterocycles. The van der Waals surface area contributed by atoms with Crippen LogP contribution < -0.4 is 5.32 Å². The molecule has 2 rings (SSSR count). The molecule has 1 heterocycles. The van der Waals surface area contributed by atoms with Crippen LogP contribution in [0.5, 0.6) is 0 Å². The highest BCUT2D eigenvalue weighted by Gasteiger charge is 2.19. The molecule has 0 bridgehead atoms. The molecule has 0 unspecified atom stereocenters. The van der Waals surface area contributed by atoms with Crippen molar-refractivity contribution in [3.8, 4) is 0 Å². The molecule has 1 N–H and O–H groups in total. The Hall–Kier alpha value is -1.27. The molecule has 0 aliphatic heterocycles. The molecule has 0 radical (unpaired) electrons. The summed E-state index contributed by atoms with van der Waals surface area (Å²) in [6.45, 7) is 6.77. The maximum Gasteiger partial charge on any atom is 0.206 e. The molecule has 2 aromatic rings. The molecular weight excluding hydrogens is 278 g/mol. The zero-order chi connectivity index (χ0) is 13.8. The van der Waals surface area contributed by atoms with E-state index in [-0.39, 0.29) is 5.25 Å².